The molecule has 0 bridgehead atoms. The summed E-state index contributed by atoms with van der Waals surface area (Å²) >= 11 is 0. The topological polar surface area (TPSA) is 66.9 Å². The maximum atomic E-state index is 12.8. The first kappa shape index (κ1) is 18.2. The van der Waals surface area contributed by atoms with Crippen LogP contribution in [-0.4, -0.2) is 56.8 Å². The van der Waals surface area contributed by atoms with Crippen molar-refractivity contribution in [3.8, 4) is 5.75 Å². The van der Waals surface area contributed by atoms with Crippen molar-refractivity contribution < 1.29 is 17.9 Å². The molecular formula is C18H26N2O4S. The van der Waals surface area contributed by atoms with E-state index >= 15 is 0 Å². The number of ether oxygens (including phenoxy) is 1. The van der Waals surface area contributed by atoms with E-state index in [-0.39, 0.29) is 16.7 Å². The quantitative estimate of drug-likeness (QED) is 0.773. The summed E-state index contributed by atoms with van der Waals surface area (Å²) in [6.45, 7) is 1.02. The maximum Gasteiger partial charge on any atom is 0.242 e. The fraction of sp³-hybridized carbons (Fsp3) is 0.611. The highest BCUT2D eigenvalue weighted by Gasteiger charge is 2.37. The summed E-state index contributed by atoms with van der Waals surface area (Å²) in [6.07, 6.45) is 4.97. The summed E-state index contributed by atoms with van der Waals surface area (Å²) < 4.78 is 32.0. The van der Waals surface area contributed by atoms with Gasteiger partial charge in [0.2, 0.25) is 15.9 Å². The van der Waals surface area contributed by atoms with Gasteiger partial charge in [0, 0.05) is 38.7 Å². The molecule has 1 aromatic rings. The third kappa shape index (κ3) is 3.82. The highest BCUT2D eigenvalue weighted by molar-refractivity contribution is 7.89. The van der Waals surface area contributed by atoms with Gasteiger partial charge in [-0.25, -0.2) is 12.7 Å². The smallest absolute Gasteiger partial charge is 0.242 e. The van der Waals surface area contributed by atoms with Gasteiger partial charge >= 0.3 is 0 Å². The second kappa shape index (κ2) is 7.33. The van der Waals surface area contributed by atoms with Gasteiger partial charge in [0.25, 0.3) is 0 Å². The molecule has 25 heavy (non-hydrogen) atoms. The molecule has 0 spiro atoms. The lowest BCUT2D eigenvalue weighted by Gasteiger charge is -2.25. The van der Waals surface area contributed by atoms with Crippen LogP contribution in [0.15, 0.2) is 29.2 Å². The minimum absolute atomic E-state index is 0.0542. The number of sulfonamides is 1. The number of benzene rings is 1. The molecule has 1 saturated heterocycles. The van der Waals surface area contributed by atoms with E-state index in [0.29, 0.717) is 31.3 Å². The molecule has 7 heteroatoms. The van der Waals surface area contributed by atoms with E-state index in [2.05, 4.69) is 0 Å². The minimum Gasteiger partial charge on any atom is -0.497 e. The Labute approximate surface area is 149 Å². The fourth-order valence-corrected chi connectivity index (χ4v) is 5.19. The number of amides is 1. The largest absolute Gasteiger partial charge is 0.497 e. The van der Waals surface area contributed by atoms with Gasteiger partial charge < -0.3 is 9.64 Å². The normalized spacial score (nSPS) is 22.1. The van der Waals surface area contributed by atoms with Gasteiger partial charge in [0.1, 0.15) is 5.75 Å². The van der Waals surface area contributed by atoms with Gasteiger partial charge in [-0.2, -0.15) is 0 Å². The van der Waals surface area contributed by atoms with Crippen LogP contribution >= 0.6 is 0 Å². The number of nitrogens with zero attached hydrogens (tertiary/aromatic N) is 2. The lowest BCUT2D eigenvalue weighted by Crippen LogP contribution is -2.36. The number of hydrogen-bond acceptors (Lipinski definition) is 4. The molecule has 6 nitrogen and oxygen atoms in total. The van der Waals surface area contributed by atoms with Crippen LogP contribution in [0.25, 0.3) is 0 Å². The average Bonchev–Trinajstić information content (AvgIpc) is 3.24. The van der Waals surface area contributed by atoms with Crippen molar-refractivity contribution in [3.63, 3.8) is 0 Å². The first-order valence-corrected chi connectivity index (χ1v) is 10.3. The first-order valence-electron chi connectivity index (χ1n) is 8.81. The van der Waals surface area contributed by atoms with E-state index in [1.807, 2.05) is 4.90 Å². The molecule has 0 aromatic heterocycles. The molecule has 1 amide bonds. The zero-order valence-corrected chi connectivity index (χ0v) is 15.7. The number of likely N-dealkylation sites (tertiary alicyclic amines) is 1. The molecule has 1 aliphatic carbocycles. The Hall–Kier alpha value is -1.60. The van der Waals surface area contributed by atoms with E-state index < -0.39 is 10.0 Å². The summed E-state index contributed by atoms with van der Waals surface area (Å²) in [5.74, 6) is 0.737. The van der Waals surface area contributed by atoms with Crippen molar-refractivity contribution in [1.29, 1.82) is 0 Å². The number of hydrogen-bond donors (Lipinski definition) is 0. The molecule has 1 saturated carbocycles. The molecule has 0 radical (unpaired) electrons. The third-order valence-electron chi connectivity index (χ3n) is 5.27. The molecule has 2 fully saturated rings. The highest BCUT2D eigenvalue weighted by atomic mass is 32.2. The Kier molecular flexibility index (Phi) is 5.34. The Balaban J connectivity index is 1.67. The van der Waals surface area contributed by atoms with Gasteiger partial charge in [-0.3, -0.25) is 4.79 Å². The minimum atomic E-state index is -3.59. The van der Waals surface area contributed by atoms with Crippen LogP contribution < -0.4 is 4.74 Å². The van der Waals surface area contributed by atoms with E-state index in [4.69, 9.17) is 4.74 Å². The third-order valence-corrected chi connectivity index (χ3v) is 7.09. The average molecular weight is 366 g/mol. The number of carbonyl (C=O) groups is 1. The van der Waals surface area contributed by atoms with E-state index in [1.54, 1.807) is 25.2 Å². The van der Waals surface area contributed by atoms with Crippen molar-refractivity contribution >= 4 is 15.9 Å². The van der Waals surface area contributed by atoms with Crippen LogP contribution in [0.1, 0.15) is 32.1 Å². The monoisotopic (exact) mass is 366 g/mol. The maximum absolute atomic E-state index is 12.8. The van der Waals surface area contributed by atoms with Crippen LogP contribution in [0.2, 0.25) is 0 Å². The summed E-state index contributed by atoms with van der Waals surface area (Å²) in [4.78, 5) is 14.5. The van der Waals surface area contributed by atoms with Gasteiger partial charge in [-0.1, -0.05) is 18.9 Å². The Bertz CT molecular complexity index is 728. The van der Waals surface area contributed by atoms with Crippen molar-refractivity contribution in [2.24, 2.45) is 5.92 Å². The molecule has 3 rings (SSSR count). The lowest BCUT2D eigenvalue weighted by molar-refractivity contribution is -0.129. The summed E-state index contributed by atoms with van der Waals surface area (Å²) in [6, 6.07) is 6.84. The van der Waals surface area contributed by atoms with E-state index in [1.165, 1.54) is 30.3 Å². The number of carbonyl (C=O) groups excluding carboxylic acids is 1. The van der Waals surface area contributed by atoms with Crippen molar-refractivity contribution in [2.75, 3.05) is 27.2 Å². The Morgan fingerprint density at radius 2 is 2.00 bits per heavy atom. The van der Waals surface area contributed by atoms with Crippen LogP contribution in [-0.2, 0) is 14.8 Å². The molecule has 1 atom stereocenters. The molecule has 138 valence electrons. The molecule has 1 heterocycles. The zero-order valence-electron chi connectivity index (χ0n) is 14.8. The molecule has 2 aliphatic rings. The lowest BCUT2D eigenvalue weighted by atomic mass is 10.1. The zero-order chi connectivity index (χ0) is 18.0. The number of methoxy groups -OCH3 is 1. The Morgan fingerprint density at radius 1 is 1.28 bits per heavy atom. The highest BCUT2D eigenvalue weighted by Crippen LogP contribution is 2.30. The summed E-state index contributed by atoms with van der Waals surface area (Å²) in [5, 5.41) is 0. The van der Waals surface area contributed by atoms with Gasteiger partial charge in [0.05, 0.1) is 12.0 Å². The van der Waals surface area contributed by atoms with Crippen LogP contribution in [0.3, 0.4) is 0 Å². The van der Waals surface area contributed by atoms with Crippen LogP contribution in [0.5, 0.6) is 5.75 Å². The second-order valence-corrected chi connectivity index (χ2v) is 9.06. The van der Waals surface area contributed by atoms with Crippen molar-refractivity contribution in [2.45, 2.75) is 43.0 Å². The van der Waals surface area contributed by atoms with E-state index in [0.717, 1.165) is 12.8 Å². The number of rotatable bonds is 6. The SMILES string of the molecule is COc1cccc(S(=O)(=O)N(C)CC2CC(=O)N(C3CCCC3)C2)c1. The molecule has 1 unspecified atom stereocenters. The van der Waals surface area contributed by atoms with Crippen LogP contribution in [0.4, 0.5) is 0 Å². The predicted octanol–water partition coefficient (Wildman–Crippen LogP) is 2.11. The Morgan fingerprint density at radius 3 is 2.68 bits per heavy atom. The predicted molar refractivity (Wildman–Crippen MR) is 94.9 cm³/mol. The molecule has 1 aliphatic heterocycles. The standard InChI is InChI=1S/C18H26N2O4S/c1-19(25(22,23)17-9-5-8-16(11-17)24-2)12-14-10-18(21)20(13-14)15-6-3-4-7-15/h5,8-9,11,14-15H,3-4,6-7,10,12-13H2,1-2H3. The molecule has 1 aromatic carbocycles. The van der Waals surface area contributed by atoms with Gasteiger partial charge in [0.15, 0.2) is 0 Å². The molecule has 0 N–H and O–H groups in total. The van der Waals surface area contributed by atoms with Crippen LogP contribution in [0, 0.1) is 5.92 Å². The van der Waals surface area contributed by atoms with Crippen molar-refractivity contribution in [1.82, 2.24) is 9.21 Å². The van der Waals surface area contributed by atoms with Crippen molar-refractivity contribution in [3.05, 3.63) is 24.3 Å². The van der Waals surface area contributed by atoms with Gasteiger partial charge in [-0.15, -0.1) is 0 Å². The fourth-order valence-electron chi connectivity index (χ4n) is 3.90. The second-order valence-electron chi connectivity index (χ2n) is 7.02. The molecular weight excluding hydrogens is 340 g/mol. The van der Waals surface area contributed by atoms with Gasteiger partial charge in [-0.05, 0) is 30.9 Å². The van der Waals surface area contributed by atoms with E-state index in [9.17, 15) is 13.2 Å². The summed E-state index contributed by atoms with van der Waals surface area (Å²) in [7, 11) is -0.498. The summed E-state index contributed by atoms with van der Waals surface area (Å²) in [5.41, 5.74) is 0. The first-order chi connectivity index (χ1) is 11.9.